The molecule has 94 valence electrons. The minimum atomic E-state index is -2.45. The Labute approximate surface area is 98.2 Å². The van der Waals surface area contributed by atoms with Crippen LogP contribution in [0.15, 0.2) is 18.3 Å². The lowest BCUT2D eigenvalue weighted by molar-refractivity contribution is 0.0715. The van der Waals surface area contributed by atoms with Gasteiger partial charge in [0.25, 0.3) is 12.3 Å². The van der Waals surface area contributed by atoms with Crippen molar-refractivity contribution in [1.82, 2.24) is 14.8 Å². The summed E-state index contributed by atoms with van der Waals surface area (Å²) in [6, 6.07) is 3.21. The SMILES string of the molecule is O=C(c1cccn1CC(F)F)N1CCNCC1. The quantitative estimate of drug-likeness (QED) is 0.852. The predicted octanol–water partition coefficient (Wildman–Crippen LogP) is 0.799. The van der Waals surface area contributed by atoms with Crippen LogP contribution in [0.2, 0.25) is 0 Å². The lowest BCUT2D eigenvalue weighted by Gasteiger charge is -2.27. The molecule has 0 saturated carbocycles. The molecule has 2 heterocycles. The fourth-order valence-electron chi connectivity index (χ4n) is 1.95. The second-order valence-corrected chi connectivity index (χ2v) is 3.98. The molecule has 1 aromatic heterocycles. The monoisotopic (exact) mass is 243 g/mol. The zero-order valence-corrected chi connectivity index (χ0v) is 9.40. The van der Waals surface area contributed by atoms with Gasteiger partial charge in [0.2, 0.25) is 0 Å². The summed E-state index contributed by atoms with van der Waals surface area (Å²) in [7, 11) is 0. The van der Waals surface area contributed by atoms with Crippen LogP contribution in [0.5, 0.6) is 0 Å². The van der Waals surface area contributed by atoms with Gasteiger partial charge in [-0.25, -0.2) is 8.78 Å². The third-order valence-electron chi connectivity index (χ3n) is 2.79. The summed E-state index contributed by atoms with van der Waals surface area (Å²) in [5, 5.41) is 3.14. The number of piperazine rings is 1. The number of rotatable bonds is 3. The number of alkyl halides is 2. The molecule has 1 aliphatic heterocycles. The molecule has 0 radical (unpaired) electrons. The van der Waals surface area contributed by atoms with Gasteiger partial charge in [0.05, 0.1) is 6.54 Å². The number of amides is 1. The molecule has 17 heavy (non-hydrogen) atoms. The number of hydrogen-bond donors (Lipinski definition) is 1. The topological polar surface area (TPSA) is 37.3 Å². The lowest BCUT2D eigenvalue weighted by Crippen LogP contribution is -2.46. The van der Waals surface area contributed by atoms with Crippen LogP contribution in [0.4, 0.5) is 8.78 Å². The van der Waals surface area contributed by atoms with E-state index in [2.05, 4.69) is 5.32 Å². The molecule has 0 bridgehead atoms. The summed E-state index contributed by atoms with van der Waals surface area (Å²) in [6.07, 6.45) is -0.932. The minimum Gasteiger partial charge on any atom is -0.338 e. The van der Waals surface area contributed by atoms with Crippen LogP contribution in [-0.4, -0.2) is 48.0 Å². The summed E-state index contributed by atoms with van der Waals surface area (Å²) >= 11 is 0. The number of nitrogens with one attached hydrogen (secondary N) is 1. The second-order valence-electron chi connectivity index (χ2n) is 3.98. The molecular formula is C11H15F2N3O. The van der Waals surface area contributed by atoms with Gasteiger partial charge in [-0.05, 0) is 12.1 Å². The van der Waals surface area contributed by atoms with Crippen molar-refractivity contribution in [3.05, 3.63) is 24.0 Å². The van der Waals surface area contributed by atoms with E-state index in [1.807, 2.05) is 0 Å². The highest BCUT2D eigenvalue weighted by atomic mass is 19.3. The van der Waals surface area contributed by atoms with Crippen molar-refractivity contribution < 1.29 is 13.6 Å². The van der Waals surface area contributed by atoms with Crippen molar-refractivity contribution in [2.24, 2.45) is 0 Å². The standard InChI is InChI=1S/C11H15F2N3O/c12-10(13)8-16-5-1-2-9(16)11(17)15-6-3-14-4-7-15/h1-2,5,10,14H,3-4,6-8H2. The Morgan fingerprint density at radius 2 is 2.12 bits per heavy atom. The summed E-state index contributed by atoms with van der Waals surface area (Å²) in [6.45, 7) is 2.32. The van der Waals surface area contributed by atoms with Crippen LogP contribution in [0, 0.1) is 0 Å². The van der Waals surface area contributed by atoms with E-state index < -0.39 is 13.0 Å². The first-order chi connectivity index (χ1) is 8.18. The Bertz CT molecular complexity index is 386. The Morgan fingerprint density at radius 3 is 2.76 bits per heavy atom. The number of halogens is 2. The number of carbonyl (C=O) groups excluding carboxylic acids is 1. The van der Waals surface area contributed by atoms with Gasteiger partial charge in [0, 0.05) is 32.4 Å². The summed E-state index contributed by atoms with van der Waals surface area (Å²) in [4.78, 5) is 13.8. The van der Waals surface area contributed by atoms with Gasteiger partial charge < -0.3 is 14.8 Å². The lowest BCUT2D eigenvalue weighted by atomic mass is 10.3. The number of nitrogens with zero attached hydrogens (tertiary/aromatic N) is 2. The predicted molar refractivity (Wildman–Crippen MR) is 59.2 cm³/mol. The highest BCUT2D eigenvalue weighted by molar-refractivity contribution is 5.92. The number of hydrogen-bond acceptors (Lipinski definition) is 2. The average Bonchev–Trinajstić information content (AvgIpc) is 2.76. The van der Waals surface area contributed by atoms with Crippen LogP contribution in [-0.2, 0) is 6.54 Å². The van der Waals surface area contributed by atoms with Crippen molar-refractivity contribution in [1.29, 1.82) is 0 Å². The van der Waals surface area contributed by atoms with Crippen molar-refractivity contribution in [3.63, 3.8) is 0 Å². The van der Waals surface area contributed by atoms with E-state index >= 15 is 0 Å². The summed E-state index contributed by atoms with van der Waals surface area (Å²) < 4.78 is 26.0. The molecule has 0 atom stereocenters. The normalized spacial score (nSPS) is 16.5. The molecule has 0 spiro atoms. The average molecular weight is 243 g/mol. The fraction of sp³-hybridized carbons (Fsp3) is 0.545. The van der Waals surface area contributed by atoms with Gasteiger partial charge in [-0.15, -0.1) is 0 Å². The molecule has 2 rings (SSSR count). The molecular weight excluding hydrogens is 228 g/mol. The van der Waals surface area contributed by atoms with Crippen molar-refractivity contribution in [2.75, 3.05) is 26.2 Å². The van der Waals surface area contributed by atoms with Crippen molar-refractivity contribution in [3.8, 4) is 0 Å². The maximum absolute atomic E-state index is 12.3. The molecule has 4 nitrogen and oxygen atoms in total. The van der Waals surface area contributed by atoms with E-state index in [-0.39, 0.29) is 5.91 Å². The van der Waals surface area contributed by atoms with E-state index in [0.717, 1.165) is 13.1 Å². The minimum absolute atomic E-state index is 0.169. The largest absolute Gasteiger partial charge is 0.338 e. The van der Waals surface area contributed by atoms with Crippen LogP contribution >= 0.6 is 0 Å². The van der Waals surface area contributed by atoms with Crippen molar-refractivity contribution in [2.45, 2.75) is 13.0 Å². The number of aromatic nitrogens is 1. The van der Waals surface area contributed by atoms with Crippen LogP contribution in [0.1, 0.15) is 10.5 Å². The maximum atomic E-state index is 12.3. The first kappa shape index (κ1) is 12.0. The Hall–Kier alpha value is -1.43. The van der Waals surface area contributed by atoms with E-state index in [4.69, 9.17) is 0 Å². The molecule has 6 heteroatoms. The highest BCUT2D eigenvalue weighted by Crippen LogP contribution is 2.10. The fourth-order valence-corrected chi connectivity index (χ4v) is 1.95. The Kier molecular flexibility index (Phi) is 3.73. The molecule has 1 aromatic rings. The molecule has 1 N–H and O–H groups in total. The maximum Gasteiger partial charge on any atom is 0.270 e. The van der Waals surface area contributed by atoms with Gasteiger partial charge >= 0.3 is 0 Å². The number of carbonyl (C=O) groups is 1. The van der Waals surface area contributed by atoms with Crippen LogP contribution < -0.4 is 5.32 Å². The Balaban J connectivity index is 2.10. The van der Waals surface area contributed by atoms with E-state index in [0.29, 0.717) is 18.8 Å². The third-order valence-corrected chi connectivity index (χ3v) is 2.79. The zero-order chi connectivity index (χ0) is 12.3. The molecule has 1 fully saturated rings. The summed E-state index contributed by atoms with van der Waals surface area (Å²) in [5.41, 5.74) is 0.340. The second kappa shape index (κ2) is 5.27. The first-order valence-electron chi connectivity index (χ1n) is 5.62. The molecule has 1 saturated heterocycles. The smallest absolute Gasteiger partial charge is 0.270 e. The highest BCUT2D eigenvalue weighted by Gasteiger charge is 2.21. The van der Waals surface area contributed by atoms with E-state index in [1.54, 1.807) is 17.0 Å². The molecule has 0 unspecified atom stereocenters. The van der Waals surface area contributed by atoms with Gasteiger partial charge in [-0.1, -0.05) is 0 Å². The molecule has 1 amide bonds. The molecule has 0 aliphatic carbocycles. The van der Waals surface area contributed by atoms with Crippen LogP contribution in [0.3, 0.4) is 0 Å². The Morgan fingerprint density at radius 1 is 1.41 bits per heavy atom. The first-order valence-corrected chi connectivity index (χ1v) is 5.62. The van der Waals surface area contributed by atoms with Crippen LogP contribution in [0.25, 0.3) is 0 Å². The summed E-state index contributed by atoms with van der Waals surface area (Å²) in [5.74, 6) is -0.169. The molecule has 0 aromatic carbocycles. The zero-order valence-electron chi connectivity index (χ0n) is 9.40. The van der Waals surface area contributed by atoms with Gasteiger partial charge in [0.1, 0.15) is 5.69 Å². The third kappa shape index (κ3) is 2.82. The van der Waals surface area contributed by atoms with Gasteiger partial charge in [-0.2, -0.15) is 0 Å². The van der Waals surface area contributed by atoms with Gasteiger partial charge in [-0.3, -0.25) is 4.79 Å². The van der Waals surface area contributed by atoms with Crippen molar-refractivity contribution >= 4 is 5.91 Å². The van der Waals surface area contributed by atoms with Gasteiger partial charge in [0.15, 0.2) is 0 Å². The molecule has 1 aliphatic rings. The van der Waals surface area contributed by atoms with E-state index in [1.165, 1.54) is 10.8 Å². The van der Waals surface area contributed by atoms with E-state index in [9.17, 15) is 13.6 Å².